The highest BCUT2D eigenvalue weighted by Crippen LogP contribution is 2.26. The van der Waals surface area contributed by atoms with Crippen LogP contribution in [0, 0.1) is 5.82 Å². The van der Waals surface area contributed by atoms with Gasteiger partial charge in [-0.05, 0) is 36.4 Å². The molecule has 1 N–H and O–H groups in total. The monoisotopic (exact) mass is 504 g/mol. The van der Waals surface area contributed by atoms with Crippen LogP contribution < -0.4 is 10.2 Å². The predicted octanol–water partition coefficient (Wildman–Crippen LogP) is 5.04. The largest absolute Gasteiger partial charge is 0.352 e. The maximum absolute atomic E-state index is 13.7. The lowest BCUT2D eigenvalue weighted by Gasteiger charge is -2.35. The summed E-state index contributed by atoms with van der Waals surface area (Å²) in [5.74, 6) is 0.246. The van der Waals surface area contributed by atoms with Gasteiger partial charge in [0.05, 0.1) is 33.7 Å². The number of piperazine rings is 1. The molecule has 3 aromatic rings. The number of rotatable bonds is 4. The van der Waals surface area contributed by atoms with E-state index in [0.29, 0.717) is 36.9 Å². The molecule has 0 spiro atoms. The van der Waals surface area contributed by atoms with Crippen LogP contribution in [-0.2, 0) is 12.0 Å². The summed E-state index contributed by atoms with van der Waals surface area (Å²) < 4.78 is 15.4. The standard InChI is InChI=1S/C24H27Cl2FN6O/c1-24(2,3)21-14-17(33(30-21)16-6-7-20(27)19(26)13-16)15-29-23(34)32-11-9-31(10-12-32)22-18(25)5-4-8-28-22/h4-8,13-14H,9-12,15H2,1-3H3,(H,29,34). The average Bonchev–Trinajstić information content (AvgIpc) is 3.25. The van der Waals surface area contributed by atoms with Crippen LogP contribution in [0.5, 0.6) is 0 Å². The molecule has 1 saturated heterocycles. The van der Waals surface area contributed by atoms with E-state index in [4.69, 9.17) is 28.3 Å². The first-order valence-electron chi connectivity index (χ1n) is 11.1. The molecule has 1 aromatic carbocycles. The van der Waals surface area contributed by atoms with Gasteiger partial charge < -0.3 is 15.1 Å². The van der Waals surface area contributed by atoms with E-state index in [1.54, 1.807) is 27.9 Å². The van der Waals surface area contributed by atoms with Crippen molar-refractivity contribution in [2.75, 3.05) is 31.1 Å². The van der Waals surface area contributed by atoms with Crippen molar-refractivity contribution in [2.45, 2.75) is 32.7 Å². The van der Waals surface area contributed by atoms with Gasteiger partial charge in [-0.3, -0.25) is 0 Å². The quantitative estimate of drug-likeness (QED) is 0.540. The van der Waals surface area contributed by atoms with Crippen molar-refractivity contribution in [3.63, 3.8) is 0 Å². The minimum atomic E-state index is -0.491. The molecule has 0 unspecified atom stereocenters. The molecule has 3 heterocycles. The van der Waals surface area contributed by atoms with Gasteiger partial charge in [0.1, 0.15) is 11.6 Å². The second-order valence-electron chi connectivity index (χ2n) is 9.22. The molecule has 0 atom stereocenters. The third-order valence-electron chi connectivity index (χ3n) is 5.73. The summed E-state index contributed by atoms with van der Waals surface area (Å²) in [6.45, 7) is 8.85. The number of aromatic nitrogens is 3. The van der Waals surface area contributed by atoms with E-state index in [2.05, 4.69) is 36.0 Å². The van der Waals surface area contributed by atoms with E-state index in [1.165, 1.54) is 12.1 Å². The molecule has 0 saturated carbocycles. The molecule has 34 heavy (non-hydrogen) atoms. The van der Waals surface area contributed by atoms with E-state index >= 15 is 0 Å². The molecule has 2 aromatic heterocycles. The number of pyridine rings is 1. The summed E-state index contributed by atoms with van der Waals surface area (Å²) in [6, 6.07) is 9.87. The van der Waals surface area contributed by atoms with E-state index in [-0.39, 0.29) is 23.0 Å². The maximum Gasteiger partial charge on any atom is 0.317 e. The van der Waals surface area contributed by atoms with E-state index < -0.39 is 5.82 Å². The van der Waals surface area contributed by atoms with Gasteiger partial charge in [-0.2, -0.15) is 5.10 Å². The summed E-state index contributed by atoms with van der Waals surface area (Å²) in [4.78, 5) is 21.1. The highest BCUT2D eigenvalue weighted by molar-refractivity contribution is 6.33. The number of hydrogen-bond acceptors (Lipinski definition) is 4. The van der Waals surface area contributed by atoms with Crippen LogP contribution in [-0.4, -0.2) is 51.9 Å². The van der Waals surface area contributed by atoms with Gasteiger partial charge in [-0.15, -0.1) is 0 Å². The highest BCUT2D eigenvalue weighted by atomic mass is 35.5. The second-order valence-corrected chi connectivity index (χ2v) is 10.0. The number of carbonyl (C=O) groups is 1. The molecule has 4 rings (SSSR count). The van der Waals surface area contributed by atoms with Gasteiger partial charge in [0.25, 0.3) is 0 Å². The summed E-state index contributed by atoms with van der Waals surface area (Å²) in [5.41, 5.74) is 2.07. The van der Waals surface area contributed by atoms with Crippen molar-refractivity contribution in [2.24, 2.45) is 0 Å². The fourth-order valence-corrected chi connectivity index (χ4v) is 4.18. The Labute approximate surface area is 208 Å². The number of nitrogens with one attached hydrogen (secondary N) is 1. The minimum Gasteiger partial charge on any atom is -0.352 e. The molecular weight excluding hydrogens is 478 g/mol. The van der Waals surface area contributed by atoms with Crippen LogP contribution in [0.2, 0.25) is 10.0 Å². The van der Waals surface area contributed by atoms with Crippen molar-refractivity contribution >= 4 is 35.1 Å². The summed E-state index contributed by atoms with van der Waals surface area (Å²) in [5, 5.41) is 8.32. The van der Waals surface area contributed by atoms with E-state index in [1.807, 2.05) is 12.1 Å². The lowest BCUT2D eigenvalue weighted by atomic mass is 9.92. The molecule has 1 fully saturated rings. The molecule has 180 valence electrons. The van der Waals surface area contributed by atoms with Crippen molar-refractivity contribution < 1.29 is 9.18 Å². The average molecular weight is 505 g/mol. The van der Waals surface area contributed by atoms with Crippen molar-refractivity contribution in [1.82, 2.24) is 25.0 Å². The van der Waals surface area contributed by atoms with E-state index in [9.17, 15) is 9.18 Å². The third kappa shape index (κ3) is 5.28. The van der Waals surface area contributed by atoms with Gasteiger partial charge in [0, 0.05) is 37.8 Å². The number of urea groups is 1. The first-order valence-corrected chi connectivity index (χ1v) is 11.8. The fraction of sp³-hybridized carbons (Fsp3) is 0.375. The number of halogens is 3. The zero-order chi connectivity index (χ0) is 24.5. The fourth-order valence-electron chi connectivity index (χ4n) is 3.76. The van der Waals surface area contributed by atoms with Crippen molar-refractivity contribution in [1.29, 1.82) is 0 Å². The third-order valence-corrected chi connectivity index (χ3v) is 6.31. The van der Waals surface area contributed by atoms with Crippen LogP contribution in [0.25, 0.3) is 5.69 Å². The molecule has 10 heteroatoms. The van der Waals surface area contributed by atoms with E-state index in [0.717, 1.165) is 17.2 Å². The Kier molecular flexibility index (Phi) is 7.00. The number of amides is 2. The zero-order valence-corrected chi connectivity index (χ0v) is 20.9. The SMILES string of the molecule is CC(C)(C)c1cc(CNC(=O)N2CCN(c3ncccc3Cl)CC2)n(-c2ccc(F)c(Cl)c2)n1. The number of carbonyl (C=O) groups excluding carboxylic acids is 1. The van der Waals surface area contributed by atoms with Gasteiger partial charge in [-0.1, -0.05) is 44.0 Å². The molecule has 2 amide bonds. The van der Waals surface area contributed by atoms with Crippen LogP contribution in [0.15, 0.2) is 42.6 Å². The minimum absolute atomic E-state index is 0.0196. The predicted molar refractivity (Wildman–Crippen MR) is 133 cm³/mol. The molecule has 1 aliphatic heterocycles. The second kappa shape index (κ2) is 9.80. The van der Waals surface area contributed by atoms with Crippen molar-refractivity contribution in [3.05, 3.63) is 69.8 Å². The van der Waals surface area contributed by atoms with Crippen LogP contribution >= 0.6 is 23.2 Å². The number of nitrogens with zero attached hydrogens (tertiary/aromatic N) is 5. The topological polar surface area (TPSA) is 66.3 Å². The number of anilines is 1. The van der Waals surface area contributed by atoms with Crippen molar-refractivity contribution in [3.8, 4) is 5.69 Å². The Balaban J connectivity index is 1.45. The van der Waals surface area contributed by atoms with Gasteiger partial charge in [0.2, 0.25) is 0 Å². The lowest BCUT2D eigenvalue weighted by molar-refractivity contribution is 0.193. The Morgan fingerprint density at radius 3 is 2.47 bits per heavy atom. The number of benzene rings is 1. The first-order chi connectivity index (χ1) is 16.1. The maximum atomic E-state index is 13.7. The Hall–Kier alpha value is -2.84. The van der Waals surface area contributed by atoms with Gasteiger partial charge >= 0.3 is 6.03 Å². The van der Waals surface area contributed by atoms with Gasteiger partial charge in [-0.25, -0.2) is 18.9 Å². The molecule has 0 radical (unpaired) electrons. The molecule has 0 bridgehead atoms. The number of hydrogen-bond donors (Lipinski definition) is 1. The Bertz CT molecular complexity index is 1180. The molecular formula is C24H27Cl2FN6O. The normalized spacial score (nSPS) is 14.4. The van der Waals surface area contributed by atoms with Crippen LogP contribution in [0.3, 0.4) is 0 Å². The summed E-state index contributed by atoms with van der Waals surface area (Å²) in [6.07, 6.45) is 1.71. The first kappa shape index (κ1) is 24.3. The summed E-state index contributed by atoms with van der Waals surface area (Å²) in [7, 11) is 0. The Morgan fingerprint density at radius 2 is 1.82 bits per heavy atom. The van der Waals surface area contributed by atoms with Crippen LogP contribution in [0.4, 0.5) is 15.0 Å². The molecule has 1 aliphatic rings. The molecule has 7 nitrogen and oxygen atoms in total. The zero-order valence-electron chi connectivity index (χ0n) is 19.4. The Morgan fingerprint density at radius 1 is 1.09 bits per heavy atom. The summed E-state index contributed by atoms with van der Waals surface area (Å²) >= 11 is 12.3. The molecule has 0 aliphatic carbocycles. The van der Waals surface area contributed by atoms with Crippen LogP contribution in [0.1, 0.15) is 32.2 Å². The lowest BCUT2D eigenvalue weighted by Crippen LogP contribution is -2.52. The van der Waals surface area contributed by atoms with Gasteiger partial charge in [0.15, 0.2) is 0 Å². The smallest absolute Gasteiger partial charge is 0.317 e. The highest BCUT2D eigenvalue weighted by Gasteiger charge is 2.24.